The molecule has 1 N–H and O–H groups in total. The van der Waals surface area contributed by atoms with Crippen molar-refractivity contribution in [3.8, 4) is 0 Å². The number of anilines is 1. The smallest absolute Gasteiger partial charge is 0.228 e. The van der Waals surface area contributed by atoms with E-state index in [9.17, 15) is 0 Å². The molecule has 6 nitrogen and oxygen atoms in total. The van der Waals surface area contributed by atoms with Gasteiger partial charge in [0.2, 0.25) is 5.89 Å². The van der Waals surface area contributed by atoms with Gasteiger partial charge in [-0.3, -0.25) is 4.98 Å². The Morgan fingerprint density at radius 1 is 1.24 bits per heavy atom. The molecule has 0 spiro atoms. The van der Waals surface area contributed by atoms with Crippen LogP contribution in [0, 0.1) is 20.8 Å². The quantitative estimate of drug-likeness (QED) is 0.861. The summed E-state index contributed by atoms with van der Waals surface area (Å²) in [5, 5.41) is 6.94. The van der Waals surface area contributed by atoms with Crippen LogP contribution in [-0.2, 0) is 6.42 Å². The van der Waals surface area contributed by atoms with Crippen molar-refractivity contribution in [2.24, 2.45) is 0 Å². The van der Waals surface area contributed by atoms with E-state index in [4.69, 9.17) is 4.52 Å². The van der Waals surface area contributed by atoms with E-state index in [1.807, 2.05) is 13.8 Å². The zero-order valence-electron chi connectivity index (χ0n) is 10.2. The number of aryl methyl sites for hydroxylation is 3. The van der Waals surface area contributed by atoms with E-state index in [-0.39, 0.29) is 0 Å². The molecule has 6 heteroatoms. The zero-order chi connectivity index (χ0) is 12.3. The average molecular weight is 233 g/mol. The van der Waals surface area contributed by atoms with Gasteiger partial charge in [0.15, 0.2) is 5.82 Å². The minimum atomic E-state index is 0.633. The second kappa shape index (κ2) is 4.90. The Morgan fingerprint density at radius 3 is 2.76 bits per heavy atom. The van der Waals surface area contributed by atoms with Crippen LogP contribution in [-0.4, -0.2) is 26.7 Å². The van der Waals surface area contributed by atoms with E-state index < -0.39 is 0 Å². The first-order chi connectivity index (χ1) is 8.15. The van der Waals surface area contributed by atoms with Crippen LogP contribution in [0.25, 0.3) is 0 Å². The van der Waals surface area contributed by atoms with E-state index in [1.165, 1.54) is 0 Å². The van der Waals surface area contributed by atoms with Gasteiger partial charge < -0.3 is 9.84 Å². The molecule has 0 unspecified atom stereocenters. The molecule has 2 heterocycles. The fraction of sp³-hybridized carbons (Fsp3) is 0.455. The van der Waals surface area contributed by atoms with Gasteiger partial charge in [0, 0.05) is 19.2 Å². The van der Waals surface area contributed by atoms with Crippen molar-refractivity contribution in [1.82, 2.24) is 20.1 Å². The molecule has 2 rings (SSSR count). The molecule has 17 heavy (non-hydrogen) atoms. The van der Waals surface area contributed by atoms with Crippen molar-refractivity contribution >= 4 is 5.82 Å². The Bertz CT molecular complexity index is 508. The summed E-state index contributed by atoms with van der Waals surface area (Å²) >= 11 is 0. The molecular formula is C11H15N5O. The third-order valence-corrected chi connectivity index (χ3v) is 2.28. The Morgan fingerprint density at radius 2 is 2.06 bits per heavy atom. The van der Waals surface area contributed by atoms with E-state index >= 15 is 0 Å². The first kappa shape index (κ1) is 11.5. The number of hydrogen-bond acceptors (Lipinski definition) is 6. The maximum atomic E-state index is 5.02. The van der Waals surface area contributed by atoms with E-state index in [2.05, 4.69) is 25.4 Å². The molecule has 0 amide bonds. The van der Waals surface area contributed by atoms with Crippen LogP contribution in [0.2, 0.25) is 0 Å². The molecule has 0 atom stereocenters. The van der Waals surface area contributed by atoms with Crippen molar-refractivity contribution in [1.29, 1.82) is 0 Å². The molecular weight excluding hydrogens is 218 g/mol. The van der Waals surface area contributed by atoms with Gasteiger partial charge in [0.25, 0.3) is 0 Å². The second-order valence-electron chi connectivity index (χ2n) is 3.86. The Balaban J connectivity index is 1.91. The minimum Gasteiger partial charge on any atom is -0.368 e. The monoisotopic (exact) mass is 233 g/mol. The molecule has 0 radical (unpaired) electrons. The van der Waals surface area contributed by atoms with E-state index in [1.54, 1.807) is 13.1 Å². The Kier molecular flexibility index (Phi) is 3.32. The lowest BCUT2D eigenvalue weighted by atomic mass is 10.3. The lowest BCUT2D eigenvalue weighted by molar-refractivity contribution is 0.377. The molecule has 0 saturated carbocycles. The van der Waals surface area contributed by atoms with Crippen LogP contribution in [0.1, 0.15) is 23.1 Å². The number of nitrogens with zero attached hydrogens (tertiary/aromatic N) is 4. The molecule has 0 aliphatic carbocycles. The highest BCUT2D eigenvalue weighted by Crippen LogP contribution is 2.08. The summed E-state index contributed by atoms with van der Waals surface area (Å²) in [6.07, 6.45) is 2.43. The molecule has 0 aliphatic heterocycles. The normalized spacial score (nSPS) is 10.5. The van der Waals surface area contributed by atoms with Crippen LogP contribution < -0.4 is 5.32 Å². The van der Waals surface area contributed by atoms with Gasteiger partial charge in [-0.25, -0.2) is 4.98 Å². The molecule has 0 aromatic carbocycles. The van der Waals surface area contributed by atoms with Crippen LogP contribution >= 0.6 is 0 Å². The fourth-order valence-corrected chi connectivity index (χ4v) is 1.43. The number of aromatic nitrogens is 4. The summed E-state index contributed by atoms with van der Waals surface area (Å²) in [4.78, 5) is 12.7. The van der Waals surface area contributed by atoms with E-state index in [0.717, 1.165) is 17.2 Å². The predicted octanol–water partition coefficient (Wildman–Crippen LogP) is 1.44. The first-order valence-electron chi connectivity index (χ1n) is 5.48. The average Bonchev–Trinajstić information content (AvgIpc) is 2.69. The van der Waals surface area contributed by atoms with Gasteiger partial charge in [-0.15, -0.1) is 0 Å². The molecule has 0 saturated heterocycles. The third kappa shape index (κ3) is 2.99. The van der Waals surface area contributed by atoms with Crippen molar-refractivity contribution in [3.05, 3.63) is 29.3 Å². The summed E-state index contributed by atoms with van der Waals surface area (Å²) in [5.74, 6) is 2.10. The highest BCUT2D eigenvalue weighted by atomic mass is 16.5. The lowest BCUT2D eigenvalue weighted by Crippen LogP contribution is -2.09. The van der Waals surface area contributed by atoms with Crippen molar-refractivity contribution in [2.45, 2.75) is 27.2 Å². The molecule has 2 aromatic rings. The minimum absolute atomic E-state index is 0.633. The number of nitrogens with one attached hydrogen (secondary N) is 1. The van der Waals surface area contributed by atoms with E-state index in [0.29, 0.717) is 24.7 Å². The molecule has 90 valence electrons. The first-order valence-corrected chi connectivity index (χ1v) is 5.48. The van der Waals surface area contributed by atoms with Crippen LogP contribution in [0.4, 0.5) is 5.82 Å². The van der Waals surface area contributed by atoms with Gasteiger partial charge in [-0.2, -0.15) is 4.98 Å². The topological polar surface area (TPSA) is 76.7 Å². The molecule has 0 aliphatic rings. The van der Waals surface area contributed by atoms with Crippen LogP contribution in [0.3, 0.4) is 0 Å². The van der Waals surface area contributed by atoms with Gasteiger partial charge in [-0.05, 0) is 20.8 Å². The van der Waals surface area contributed by atoms with Gasteiger partial charge in [0.05, 0.1) is 11.4 Å². The number of hydrogen-bond donors (Lipinski definition) is 1. The SMILES string of the molecule is Cc1cnc(C)c(NCCc2nc(C)no2)n1. The van der Waals surface area contributed by atoms with Crippen molar-refractivity contribution in [3.63, 3.8) is 0 Å². The lowest BCUT2D eigenvalue weighted by Gasteiger charge is -2.06. The highest BCUT2D eigenvalue weighted by Gasteiger charge is 2.04. The summed E-state index contributed by atoms with van der Waals surface area (Å²) < 4.78 is 5.02. The maximum Gasteiger partial charge on any atom is 0.228 e. The fourth-order valence-electron chi connectivity index (χ4n) is 1.43. The Hall–Kier alpha value is -1.98. The standard InChI is InChI=1S/C11H15N5O/c1-7-6-13-8(2)11(14-7)12-5-4-10-15-9(3)16-17-10/h6H,4-5H2,1-3H3,(H,12,14). The zero-order valence-corrected chi connectivity index (χ0v) is 10.2. The summed E-state index contributed by atoms with van der Waals surface area (Å²) in [6.45, 7) is 6.34. The highest BCUT2D eigenvalue weighted by molar-refractivity contribution is 5.39. The van der Waals surface area contributed by atoms with Gasteiger partial charge >= 0.3 is 0 Å². The molecule has 0 bridgehead atoms. The van der Waals surface area contributed by atoms with Crippen LogP contribution in [0.15, 0.2) is 10.7 Å². The second-order valence-corrected chi connectivity index (χ2v) is 3.86. The molecule has 2 aromatic heterocycles. The molecule has 0 fully saturated rings. The summed E-state index contributed by atoms with van der Waals surface area (Å²) in [7, 11) is 0. The van der Waals surface area contributed by atoms with Crippen molar-refractivity contribution < 1.29 is 4.52 Å². The third-order valence-electron chi connectivity index (χ3n) is 2.28. The summed E-state index contributed by atoms with van der Waals surface area (Å²) in [5.41, 5.74) is 1.78. The Labute approximate surface area is 99.5 Å². The number of rotatable bonds is 4. The summed E-state index contributed by atoms with van der Waals surface area (Å²) in [6, 6.07) is 0. The predicted molar refractivity (Wildman–Crippen MR) is 62.7 cm³/mol. The largest absolute Gasteiger partial charge is 0.368 e. The van der Waals surface area contributed by atoms with Gasteiger partial charge in [0.1, 0.15) is 5.82 Å². The maximum absolute atomic E-state index is 5.02. The van der Waals surface area contributed by atoms with Crippen molar-refractivity contribution in [2.75, 3.05) is 11.9 Å². The van der Waals surface area contributed by atoms with Crippen LogP contribution in [0.5, 0.6) is 0 Å². The van der Waals surface area contributed by atoms with Gasteiger partial charge in [-0.1, -0.05) is 5.16 Å².